The molecule has 2 heterocycles. The number of nitrogens with zero attached hydrogens (tertiary/aromatic N) is 3. The molecular weight excluding hydrogens is 232 g/mol. The number of aliphatic hydroxyl groups is 1. The van der Waals surface area contributed by atoms with Crippen LogP contribution in [0.3, 0.4) is 0 Å². The number of hydrogen-bond acceptors (Lipinski definition) is 6. The number of hydrogen-bond donors (Lipinski definition) is 2. The van der Waals surface area contributed by atoms with Gasteiger partial charge in [0.15, 0.2) is 0 Å². The highest BCUT2D eigenvalue weighted by Gasteiger charge is 2.23. The summed E-state index contributed by atoms with van der Waals surface area (Å²) in [5.74, 6) is 1.17. The summed E-state index contributed by atoms with van der Waals surface area (Å²) >= 11 is 0. The van der Waals surface area contributed by atoms with Gasteiger partial charge >= 0.3 is 6.01 Å². The molecule has 102 valence electrons. The minimum absolute atomic E-state index is 0.258. The first-order chi connectivity index (χ1) is 8.83. The standard InChI is InChI=1S/C12H22N4O2/c1-2-13-8-11-14-15-12(18-11)16-6-3-4-10(9-16)5-7-17/h10,13,17H,2-9H2,1H3. The zero-order valence-electron chi connectivity index (χ0n) is 10.9. The average Bonchev–Trinajstić information content (AvgIpc) is 2.86. The van der Waals surface area contributed by atoms with Crippen LogP contribution in [-0.2, 0) is 6.54 Å². The fourth-order valence-electron chi connectivity index (χ4n) is 2.33. The van der Waals surface area contributed by atoms with Gasteiger partial charge in [0.25, 0.3) is 0 Å². The van der Waals surface area contributed by atoms with E-state index in [9.17, 15) is 0 Å². The molecule has 6 nitrogen and oxygen atoms in total. The van der Waals surface area contributed by atoms with Crippen LogP contribution in [0, 0.1) is 5.92 Å². The van der Waals surface area contributed by atoms with Crippen LogP contribution >= 0.6 is 0 Å². The van der Waals surface area contributed by atoms with Gasteiger partial charge in [0, 0.05) is 19.7 Å². The fourth-order valence-corrected chi connectivity index (χ4v) is 2.33. The van der Waals surface area contributed by atoms with Crippen molar-refractivity contribution in [3.8, 4) is 0 Å². The predicted molar refractivity (Wildman–Crippen MR) is 68.3 cm³/mol. The molecule has 0 saturated carbocycles. The number of aliphatic hydroxyl groups excluding tert-OH is 1. The first-order valence-corrected chi connectivity index (χ1v) is 6.72. The Labute approximate surface area is 107 Å². The van der Waals surface area contributed by atoms with Crippen LogP contribution in [0.5, 0.6) is 0 Å². The maximum absolute atomic E-state index is 9.00. The van der Waals surface area contributed by atoms with Crippen molar-refractivity contribution in [3.63, 3.8) is 0 Å². The van der Waals surface area contributed by atoms with Crippen molar-refractivity contribution in [2.24, 2.45) is 5.92 Å². The minimum Gasteiger partial charge on any atom is -0.407 e. The molecular formula is C12H22N4O2. The molecule has 0 radical (unpaired) electrons. The third-order valence-electron chi connectivity index (χ3n) is 3.31. The average molecular weight is 254 g/mol. The normalized spacial score (nSPS) is 20.3. The highest BCUT2D eigenvalue weighted by molar-refractivity contribution is 5.25. The van der Waals surface area contributed by atoms with E-state index in [1.54, 1.807) is 0 Å². The van der Waals surface area contributed by atoms with E-state index >= 15 is 0 Å². The van der Waals surface area contributed by atoms with Crippen molar-refractivity contribution in [1.29, 1.82) is 0 Å². The van der Waals surface area contributed by atoms with Crippen LogP contribution in [0.25, 0.3) is 0 Å². The van der Waals surface area contributed by atoms with Crippen molar-refractivity contribution >= 4 is 6.01 Å². The molecule has 0 aromatic carbocycles. The van der Waals surface area contributed by atoms with E-state index in [0.29, 0.717) is 24.4 Å². The topological polar surface area (TPSA) is 74.4 Å². The van der Waals surface area contributed by atoms with Gasteiger partial charge in [0.1, 0.15) is 0 Å². The predicted octanol–water partition coefficient (Wildman–Crippen LogP) is 0.778. The van der Waals surface area contributed by atoms with E-state index in [1.807, 2.05) is 6.92 Å². The third kappa shape index (κ3) is 3.43. The number of nitrogens with one attached hydrogen (secondary N) is 1. The largest absolute Gasteiger partial charge is 0.407 e. The molecule has 1 saturated heterocycles. The Balaban J connectivity index is 1.91. The molecule has 1 aromatic heterocycles. The van der Waals surface area contributed by atoms with E-state index in [0.717, 1.165) is 32.5 Å². The lowest BCUT2D eigenvalue weighted by molar-refractivity contribution is 0.242. The van der Waals surface area contributed by atoms with Crippen LogP contribution in [-0.4, -0.2) is 41.5 Å². The van der Waals surface area contributed by atoms with Crippen LogP contribution < -0.4 is 10.2 Å². The monoisotopic (exact) mass is 254 g/mol. The number of rotatable bonds is 6. The Bertz CT molecular complexity index is 354. The Kier molecular flexibility index (Phi) is 4.95. The van der Waals surface area contributed by atoms with Gasteiger partial charge in [-0.25, -0.2) is 0 Å². The van der Waals surface area contributed by atoms with Gasteiger partial charge < -0.3 is 19.7 Å². The maximum Gasteiger partial charge on any atom is 0.318 e. The minimum atomic E-state index is 0.258. The van der Waals surface area contributed by atoms with E-state index in [2.05, 4.69) is 20.4 Å². The van der Waals surface area contributed by atoms with Crippen LogP contribution in [0.2, 0.25) is 0 Å². The van der Waals surface area contributed by atoms with Crippen molar-refractivity contribution in [3.05, 3.63) is 5.89 Å². The lowest BCUT2D eigenvalue weighted by Gasteiger charge is -2.30. The highest BCUT2D eigenvalue weighted by Crippen LogP contribution is 2.23. The zero-order chi connectivity index (χ0) is 12.8. The van der Waals surface area contributed by atoms with E-state index in [4.69, 9.17) is 9.52 Å². The lowest BCUT2D eigenvalue weighted by atomic mass is 9.95. The molecule has 1 fully saturated rings. The molecule has 1 atom stereocenters. The quantitative estimate of drug-likeness (QED) is 0.781. The summed E-state index contributed by atoms with van der Waals surface area (Å²) in [6.45, 7) is 5.68. The smallest absolute Gasteiger partial charge is 0.318 e. The summed E-state index contributed by atoms with van der Waals surface area (Å²) in [4.78, 5) is 2.13. The summed E-state index contributed by atoms with van der Waals surface area (Å²) in [5, 5.41) is 20.3. The van der Waals surface area contributed by atoms with Gasteiger partial charge in [-0.1, -0.05) is 12.0 Å². The van der Waals surface area contributed by atoms with Crippen molar-refractivity contribution in [2.45, 2.75) is 32.7 Å². The number of piperidine rings is 1. The number of anilines is 1. The molecule has 18 heavy (non-hydrogen) atoms. The second kappa shape index (κ2) is 6.70. The molecule has 0 aliphatic carbocycles. The van der Waals surface area contributed by atoms with Gasteiger partial charge in [0.05, 0.1) is 6.54 Å². The molecule has 1 aromatic rings. The second-order valence-corrected chi connectivity index (χ2v) is 4.73. The van der Waals surface area contributed by atoms with Crippen LogP contribution in [0.1, 0.15) is 32.1 Å². The highest BCUT2D eigenvalue weighted by atomic mass is 16.4. The summed E-state index contributed by atoms with van der Waals surface area (Å²) in [6.07, 6.45) is 3.15. The zero-order valence-corrected chi connectivity index (χ0v) is 10.9. The lowest BCUT2D eigenvalue weighted by Crippen LogP contribution is -2.36. The molecule has 1 aliphatic heterocycles. The molecule has 0 spiro atoms. The van der Waals surface area contributed by atoms with Gasteiger partial charge in [-0.05, 0) is 31.7 Å². The Morgan fingerprint density at radius 2 is 2.39 bits per heavy atom. The molecule has 1 unspecified atom stereocenters. The fraction of sp³-hybridized carbons (Fsp3) is 0.833. The molecule has 6 heteroatoms. The Hall–Kier alpha value is -1.14. The number of aromatic nitrogens is 2. The second-order valence-electron chi connectivity index (χ2n) is 4.73. The van der Waals surface area contributed by atoms with E-state index in [-0.39, 0.29) is 6.61 Å². The van der Waals surface area contributed by atoms with Crippen LogP contribution in [0.15, 0.2) is 4.42 Å². The van der Waals surface area contributed by atoms with Gasteiger partial charge in [0.2, 0.25) is 5.89 Å². The molecule has 1 aliphatic rings. The summed E-state index contributed by atoms with van der Waals surface area (Å²) in [5.41, 5.74) is 0. The Morgan fingerprint density at radius 1 is 1.50 bits per heavy atom. The summed E-state index contributed by atoms with van der Waals surface area (Å²) in [6, 6.07) is 0.616. The van der Waals surface area contributed by atoms with Crippen molar-refractivity contribution < 1.29 is 9.52 Å². The summed E-state index contributed by atoms with van der Waals surface area (Å²) in [7, 11) is 0. The first-order valence-electron chi connectivity index (χ1n) is 6.72. The van der Waals surface area contributed by atoms with Crippen molar-refractivity contribution in [1.82, 2.24) is 15.5 Å². The van der Waals surface area contributed by atoms with E-state index in [1.165, 1.54) is 6.42 Å². The summed E-state index contributed by atoms with van der Waals surface area (Å²) < 4.78 is 5.63. The molecule has 2 N–H and O–H groups in total. The van der Waals surface area contributed by atoms with Gasteiger partial charge in [-0.2, -0.15) is 0 Å². The Morgan fingerprint density at radius 3 is 3.17 bits per heavy atom. The van der Waals surface area contributed by atoms with E-state index < -0.39 is 0 Å². The SMILES string of the molecule is CCNCc1nnc(N2CCCC(CCO)C2)o1. The molecule has 0 bridgehead atoms. The first kappa shape index (κ1) is 13.3. The maximum atomic E-state index is 9.00. The molecule has 0 amide bonds. The molecule has 2 rings (SSSR count). The van der Waals surface area contributed by atoms with Crippen LogP contribution in [0.4, 0.5) is 6.01 Å². The third-order valence-corrected chi connectivity index (χ3v) is 3.31. The van der Waals surface area contributed by atoms with Gasteiger partial charge in [-0.3, -0.25) is 0 Å². The van der Waals surface area contributed by atoms with Crippen molar-refractivity contribution in [2.75, 3.05) is 31.1 Å². The van der Waals surface area contributed by atoms with Gasteiger partial charge in [-0.15, -0.1) is 5.10 Å².